The second kappa shape index (κ2) is 6.27. The number of rotatable bonds is 5. The van der Waals surface area contributed by atoms with E-state index in [9.17, 15) is 9.59 Å². The maximum absolute atomic E-state index is 11.6. The van der Waals surface area contributed by atoms with Gasteiger partial charge in [-0.15, -0.1) is 0 Å². The SMILES string of the molecule is CCC(C)N(CC)C(=O)NC(C)C(=O)O. The van der Waals surface area contributed by atoms with E-state index in [2.05, 4.69) is 5.32 Å². The molecule has 0 bridgehead atoms. The third-order valence-electron chi connectivity index (χ3n) is 2.43. The van der Waals surface area contributed by atoms with Crippen LogP contribution in [0.3, 0.4) is 0 Å². The zero-order chi connectivity index (χ0) is 12.0. The summed E-state index contributed by atoms with van der Waals surface area (Å²) >= 11 is 0. The van der Waals surface area contributed by atoms with Gasteiger partial charge in [0.05, 0.1) is 0 Å². The smallest absolute Gasteiger partial charge is 0.325 e. The normalized spacial score (nSPS) is 14.1. The zero-order valence-corrected chi connectivity index (χ0v) is 9.78. The van der Waals surface area contributed by atoms with Crippen LogP contribution in [0.2, 0.25) is 0 Å². The predicted molar refractivity (Wildman–Crippen MR) is 57.8 cm³/mol. The average Bonchev–Trinajstić information content (AvgIpc) is 2.18. The van der Waals surface area contributed by atoms with E-state index >= 15 is 0 Å². The van der Waals surface area contributed by atoms with E-state index < -0.39 is 12.0 Å². The van der Waals surface area contributed by atoms with Crippen molar-refractivity contribution in [3.63, 3.8) is 0 Å². The van der Waals surface area contributed by atoms with Crippen molar-refractivity contribution in [1.29, 1.82) is 0 Å². The predicted octanol–water partition coefficient (Wildman–Crippen LogP) is 1.29. The Morgan fingerprint density at radius 1 is 1.33 bits per heavy atom. The van der Waals surface area contributed by atoms with E-state index in [1.807, 2.05) is 20.8 Å². The van der Waals surface area contributed by atoms with Gasteiger partial charge in [-0.3, -0.25) is 4.79 Å². The molecule has 0 fully saturated rings. The largest absolute Gasteiger partial charge is 0.480 e. The quantitative estimate of drug-likeness (QED) is 0.727. The first-order valence-corrected chi connectivity index (χ1v) is 5.23. The third-order valence-corrected chi connectivity index (χ3v) is 2.43. The molecule has 0 aromatic carbocycles. The van der Waals surface area contributed by atoms with Crippen molar-refractivity contribution in [1.82, 2.24) is 10.2 Å². The molecule has 0 aliphatic carbocycles. The summed E-state index contributed by atoms with van der Waals surface area (Å²) < 4.78 is 0. The first-order chi connectivity index (χ1) is 6.93. The Kier molecular flexibility index (Phi) is 5.74. The molecule has 2 amide bonds. The Morgan fingerprint density at radius 2 is 1.87 bits per heavy atom. The van der Waals surface area contributed by atoms with Crippen LogP contribution in [-0.4, -0.2) is 40.6 Å². The second-order valence-corrected chi connectivity index (χ2v) is 3.55. The Bertz CT molecular complexity index is 231. The molecule has 0 radical (unpaired) electrons. The molecule has 2 unspecified atom stereocenters. The van der Waals surface area contributed by atoms with Gasteiger partial charge >= 0.3 is 12.0 Å². The number of aliphatic carboxylic acids is 1. The van der Waals surface area contributed by atoms with Gasteiger partial charge < -0.3 is 15.3 Å². The fourth-order valence-electron chi connectivity index (χ4n) is 1.21. The number of carboxylic acid groups (broad SMARTS) is 1. The minimum absolute atomic E-state index is 0.121. The number of hydrogen-bond acceptors (Lipinski definition) is 2. The molecule has 2 N–H and O–H groups in total. The molecule has 0 aromatic rings. The number of carbonyl (C=O) groups excluding carboxylic acids is 1. The molecule has 5 nitrogen and oxygen atoms in total. The number of nitrogens with one attached hydrogen (secondary N) is 1. The van der Waals surface area contributed by atoms with Crippen LogP contribution < -0.4 is 5.32 Å². The monoisotopic (exact) mass is 216 g/mol. The number of carbonyl (C=O) groups is 2. The molecule has 88 valence electrons. The number of hydrogen-bond donors (Lipinski definition) is 2. The van der Waals surface area contributed by atoms with Crippen molar-refractivity contribution in [3.8, 4) is 0 Å². The van der Waals surface area contributed by atoms with E-state index in [0.29, 0.717) is 6.54 Å². The van der Waals surface area contributed by atoms with E-state index in [1.165, 1.54) is 6.92 Å². The maximum atomic E-state index is 11.6. The molecular weight excluding hydrogens is 196 g/mol. The standard InChI is InChI=1S/C10H20N2O3/c1-5-7(3)12(6-2)10(15)11-8(4)9(13)14/h7-8H,5-6H2,1-4H3,(H,11,15)(H,13,14). The number of nitrogens with zero attached hydrogens (tertiary/aromatic N) is 1. The third kappa shape index (κ3) is 4.18. The average molecular weight is 216 g/mol. The van der Waals surface area contributed by atoms with Crippen LogP contribution in [-0.2, 0) is 4.79 Å². The van der Waals surface area contributed by atoms with Crippen molar-refractivity contribution >= 4 is 12.0 Å². The summed E-state index contributed by atoms with van der Waals surface area (Å²) in [5.74, 6) is -1.02. The molecule has 0 aliphatic rings. The highest BCUT2D eigenvalue weighted by Crippen LogP contribution is 2.03. The molecule has 0 saturated heterocycles. The Labute approximate surface area is 90.5 Å². The fourth-order valence-corrected chi connectivity index (χ4v) is 1.21. The molecule has 0 aliphatic heterocycles. The molecule has 2 atom stereocenters. The summed E-state index contributed by atoms with van der Waals surface area (Å²) in [6.45, 7) is 7.82. The molecule has 0 heterocycles. The summed E-state index contributed by atoms with van der Waals surface area (Å²) in [4.78, 5) is 23.8. The van der Waals surface area contributed by atoms with Gasteiger partial charge in [0.25, 0.3) is 0 Å². The molecular formula is C10H20N2O3. The molecule has 0 spiro atoms. The van der Waals surface area contributed by atoms with Crippen molar-refractivity contribution < 1.29 is 14.7 Å². The van der Waals surface area contributed by atoms with E-state index in [1.54, 1.807) is 4.90 Å². The summed E-state index contributed by atoms with van der Waals surface area (Å²) in [6, 6.07) is -1.05. The Hall–Kier alpha value is -1.26. The lowest BCUT2D eigenvalue weighted by atomic mass is 10.2. The summed E-state index contributed by atoms with van der Waals surface area (Å²) in [5, 5.41) is 11.1. The highest BCUT2D eigenvalue weighted by atomic mass is 16.4. The minimum atomic E-state index is -1.02. The zero-order valence-electron chi connectivity index (χ0n) is 9.78. The number of amides is 2. The van der Waals surface area contributed by atoms with Crippen LogP contribution in [0.5, 0.6) is 0 Å². The first kappa shape index (κ1) is 13.7. The molecule has 0 aromatic heterocycles. The van der Waals surface area contributed by atoms with Crippen LogP contribution in [0.4, 0.5) is 4.79 Å². The van der Waals surface area contributed by atoms with Crippen molar-refractivity contribution in [3.05, 3.63) is 0 Å². The fraction of sp³-hybridized carbons (Fsp3) is 0.800. The maximum Gasteiger partial charge on any atom is 0.325 e. The van der Waals surface area contributed by atoms with Crippen molar-refractivity contribution in [2.75, 3.05) is 6.54 Å². The minimum Gasteiger partial charge on any atom is -0.480 e. The lowest BCUT2D eigenvalue weighted by Gasteiger charge is -2.28. The van der Waals surface area contributed by atoms with Crippen LogP contribution >= 0.6 is 0 Å². The van der Waals surface area contributed by atoms with E-state index in [-0.39, 0.29) is 12.1 Å². The van der Waals surface area contributed by atoms with Gasteiger partial charge in [0.15, 0.2) is 0 Å². The van der Waals surface area contributed by atoms with Gasteiger partial charge in [0, 0.05) is 12.6 Å². The molecule has 0 rings (SSSR count). The first-order valence-electron chi connectivity index (χ1n) is 5.23. The molecule has 15 heavy (non-hydrogen) atoms. The van der Waals surface area contributed by atoms with Gasteiger partial charge in [0.2, 0.25) is 0 Å². The highest BCUT2D eigenvalue weighted by molar-refractivity contribution is 5.82. The van der Waals surface area contributed by atoms with Gasteiger partial charge in [-0.1, -0.05) is 6.92 Å². The molecule has 5 heteroatoms. The van der Waals surface area contributed by atoms with Crippen molar-refractivity contribution in [2.24, 2.45) is 0 Å². The van der Waals surface area contributed by atoms with Gasteiger partial charge in [-0.2, -0.15) is 0 Å². The van der Waals surface area contributed by atoms with Crippen LogP contribution in [0.15, 0.2) is 0 Å². The lowest BCUT2D eigenvalue weighted by Crippen LogP contribution is -2.49. The van der Waals surface area contributed by atoms with Crippen molar-refractivity contribution in [2.45, 2.75) is 46.2 Å². The highest BCUT2D eigenvalue weighted by Gasteiger charge is 2.20. The Balaban J connectivity index is 4.34. The van der Waals surface area contributed by atoms with Gasteiger partial charge in [0.1, 0.15) is 6.04 Å². The lowest BCUT2D eigenvalue weighted by molar-refractivity contribution is -0.138. The van der Waals surface area contributed by atoms with E-state index in [4.69, 9.17) is 5.11 Å². The topological polar surface area (TPSA) is 69.6 Å². The summed E-state index contributed by atoms with van der Waals surface area (Å²) in [5.41, 5.74) is 0. The summed E-state index contributed by atoms with van der Waals surface area (Å²) in [6.07, 6.45) is 0.850. The van der Waals surface area contributed by atoms with Gasteiger partial charge in [-0.05, 0) is 27.2 Å². The van der Waals surface area contributed by atoms with Crippen LogP contribution in [0, 0.1) is 0 Å². The second-order valence-electron chi connectivity index (χ2n) is 3.55. The number of urea groups is 1. The van der Waals surface area contributed by atoms with Gasteiger partial charge in [-0.25, -0.2) is 4.79 Å². The molecule has 0 saturated carbocycles. The number of carboxylic acids is 1. The van der Waals surface area contributed by atoms with Crippen LogP contribution in [0.1, 0.15) is 34.1 Å². The Morgan fingerprint density at radius 3 is 2.20 bits per heavy atom. The van der Waals surface area contributed by atoms with E-state index in [0.717, 1.165) is 6.42 Å². The van der Waals surface area contributed by atoms with Crippen LogP contribution in [0.25, 0.3) is 0 Å². The summed E-state index contributed by atoms with van der Waals surface area (Å²) in [7, 11) is 0.